The predicted octanol–water partition coefficient (Wildman–Crippen LogP) is 3.26. The molecule has 0 radical (unpaired) electrons. The van der Waals surface area contributed by atoms with Crippen LogP contribution < -0.4 is 0 Å². The number of rotatable bonds is 1. The lowest BCUT2D eigenvalue weighted by molar-refractivity contribution is -0.117. The Morgan fingerprint density at radius 3 is 2.56 bits per heavy atom. The van der Waals surface area contributed by atoms with Crippen molar-refractivity contribution in [3.8, 4) is 17.2 Å². The van der Waals surface area contributed by atoms with Crippen LogP contribution in [0.5, 0.6) is 0 Å². The molecule has 0 aliphatic heterocycles. The number of nitriles is 1. The second-order valence-corrected chi connectivity index (χ2v) is 4.54. The van der Waals surface area contributed by atoms with Crippen molar-refractivity contribution in [2.24, 2.45) is 0 Å². The van der Waals surface area contributed by atoms with Crippen LogP contribution in [0.2, 0.25) is 0 Å². The van der Waals surface area contributed by atoms with Gasteiger partial charge in [-0.25, -0.2) is 0 Å². The van der Waals surface area contributed by atoms with E-state index in [2.05, 4.69) is 6.07 Å². The smallest absolute Gasteiger partial charge is 0.141 e. The molecule has 2 aromatic rings. The van der Waals surface area contributed by atoms with Gasteiger partial charge >= 0.3 is 0 Å². The first kappa shape index (κ1) is 10.7. The Morgan fingerprint density at radius 2 is 1.83 bits per heavy atom. The van der Waals surface area contributed by atoms with Gasteiger partial charge in [-0.15, -0.1) is 0 Å². The van der Waals surface area contributed by atoms with E-state index in [9.17, 15) is 4.79 Å². The lowest BCUT2D eigenvalue weighted by atomic mass is 9.92. The Kier molecular flexibility index (Phi) is 2.28. The van der Waals surface area contributed by atoms with Gasteiger partial charge in [-0.05, 0) is 41.3 Å². The summed E-state index contributed by atoms with van der Waals surface area (Å²) >= 11 is 0. The molecule has 1 aliphatic carbocycles. The molecule has 0 aromatic heterocycles. The number of benzene rings is 2. The fraction of sp³-hybridized carbons (Fsp3) is 0.125. The molecule has 18 heavy (non-hydrogen) atoms. The van der Waals surface area contributed by atoms with Gasteiger partial charge in [0.1, 0.15) is 5.78 Å². The number of carbonyl (C=O) groups is 1. The van der Waals surface area contributed by atoms with E-state index in [4.69, 9.17) is 5.26 Å². The van der Waals surface area contributed by atoms with Crippen LogP contribution in [0.25, 0.3) is 11.1 Å². The van der Waals surface area contributed by atoms with Crippen LogP contribution in [0, 0.1) is 11.3 Å². The quantitative estimate of drug-likeness (QED) is 0.758. The molecule has 0 spiro atoms. The van der Waals surface area contributed by atoms with Crippen LogP contribution in [-0.4, -0.2) is 5.78 Å². The first-order valence-corrected chi connectivity index (χ1v) is 5.86. The van der Waals surface area contributed by atoms with Crippen LogP contribution in [0.15, 0.2) is 42.5 Å². The summed E-state index contributed by atoms with van der Waals surface area (Å²) in [5.74, 6) is -0.0965. The Morgan fingerprint density at radius 1 is 1.11 bits per heavy atom. The van der Waals surface area contributed by atoms with Crippen molar-refractivity contribution in [3.63, 3.8) is 0 Å². The van der Waals surface area contributed by atoms with E-state index in [0.29, 0.717) is 5.56 Å². The number of nitrogens with zero attached hydrogens (tertiary/aromatic N) is 1. The average molecular weight is 233 g/mol. The Balaban J connectivity index is 2.32. The lowest BCUT2D eigenvalue weighted by Gasteiger charge is -2.09. The molecule has 1 atom stereocenters. The molecule has 1 aliphatic rings. The summed E-state index contributed by atoms with van der Waals surface area (Å²) in [6.07, 6.45) is 0. The molecule has 2 aromatic carbocycles. The highest BCUT2D eigenvalue weighted by Crippen LogP contribution is 2.45. The van der Waals surface area contributed by atoms with Gasteiger partial charge in [0.2, 0.25) is 0 Å². The predicted molar refractivity (Wildman–Crippen MR) is 69.1 cm³/mol. The van der Waals surface area contributed by atoms with Crippen molar-refractivity contribution in [2.75, 3.05) is 0 Å². The topological polar surface area (TPSA) is 40.9 Å². The van der Waals surface area contributed by atoms with Gasteiger partial charge < -0.3 is 0 Å². The Bertz CT molecular complexity index is 694. The van der Waals surface area contributed by atoms with Crippen LogP contribution in [-0.2, 0) is 4.79 Å². The number of hydrogen-bond acceptors (Lipinski definition) is 2. The zero-order valence-corrected chi connectivity index (χ0v) is 9.97. The molecule has 0 fully saturated rings. The van der Waals surface area contributed by atoms with Crippen LogP contribution >= 0.6 is 0 Å². The number of ketones is 1. The average Bonchev–Trinajstić information content (AvgIpc) is 2.72. The van der Waals surface area contributed by atoms with Crippen LogP contribution in [0.1, 0.15) is 29.5 Å². The molecule has 0 heterocycles. The van der Waals surface area contributed by atoms with Crippen LogP contribution in [0.3, 0.4) is 0 Å². The van der Waals surface area contributed by atoms with Gasteiger partial charge in [-0.1, -0.05) is 30.3 Å². The molecule has 86 valence electrons. The van der Waals surface area contributed by atoms with Gasteiger partial charge in [0.05, 0.1) is 17.6 Å². The maximum atomic E-state index is 11.9. The van der Waals surface area contributed by atoms with E-state index in [-0.39, 0.29) is 11.7 Å². The Hall–Kier alpha value is -2.40. The summed E-state index contributed by atoms with van der Waals surface area (Å²) in [5, 5.41) is 8.98. The summed E-state index contributed by atoms with van der Waals surface area (Å²) in [7, 11) is 0. The first-order valence-electron chi connectivity index (χ1n) is 5.86. The molecule has 0 amide bonds. The summed E-state index contributed by atoms with van der Waals surface area (Å²) < 4.78 is 0. The minimum absolute atomic E-state index is 0.122. The van der Waals surface area contributed by atoms with Gasteiger partial charge in [0.15, 0.2) is 0 Å². The fourth-order valence-electron chi connectivity index (χ4n) is 2.72. The molecule has 0 N–H and O–H groups in total. The van der Waals surface area contributed by atoms with Crippen molar-refractivity contribution in [2.45, 2.75) is 12.8 Å². The third kappa shape index (κ3) is 1.38. The molecule has 1 unspecified atom stereocenters. The van der Waals surface area contributed by atoms with Gasteiger partial charge in [0.25, 0.3) is 0 Å². The second kappa shape index (κ2) is 3.82. The molecule has 0 saturated carbocycles. The monoisotopic (exact) mass is 233 g/mol. The number of fused-ring (bicyclic) bond motifs is 3. The zero-order valence-electron chi connectivity index (χ0n) is 9.97. The van der Waals surface area contributed by atoms with Crippen molar-refractivity contribution >= 4 is 5.78 Å². The van der Waals surface area contributed by atoms with E-state index >= 15 is 0 Å². The second-order valence-electron chi connectivity index (χ2n) is 4.54. The highest BCUT2D eigenvalue weighted by atomic mass is 16.1. The maximum absolute atomic E-state index is 11.9. The lowest BCUT2D eigenvalue weighted by Crippen LogP contribution is -2.07. The molecule has 3 rings (SSSR count). The van der Waals surface area contributed by atoms with E-state index in [0.717, 1.165) is 22.3 Å². The standard InChI is InChI=1S/C16H11NO/c1-10(18)16-14-5-3-2-4-12(14)13-7-6-11(9-17)8-15(13)16/h2-8,16H,1H3. The molecular formula is C16H11NO. The van der Waals surface area contributed by atoms with Crippen LogP contribution in [0.4, 0.5) is 0 Å². The van der Waals surface area contributed by atoms with E-state index in [1.165, 1.54) is 0 Å². The van der Waals surface area contributed by atoms with Gasteiger partial charge in [-0.2, -0.15) is 5.26 Å². The summed E-state index contributed by atoms with van der Waals surface area (Å²) in [6.45, 7) is 1.61. The molecule has 2 nitrogen and oxygen atoms in total. The Labute approximate surface area is 105 Å². The number of Topliss-reactive ketones (excluding diaryl/α,β-unsaturated/α-hetero) is 1. The normalized spacial score (nSPS) is 15.7. The minimum Gasteiger partial charge on any atom is -0.299 e. The van der Waals surface area contributed by atoms with E-state index in [1.54, 1.807) is 13.0 Å². The first-order chi connectivity index (χ1) is 8.72. The minimum atomic E-state index is -0.218. The van der Waals surface area contributed by atoms with Crippen molar-refractivity contribution in [1.29, 1.82) is 5.26 Å². The zero-order chi connectivity index (χ0) is 12.7. The van der Waals surface area contributed by atoms with Crippen molar-refractivity contribution in [1.82, 2.24) is 0 Å². The summed E-state index contributed by atoms with van der Waals surface area (Å²) in [6, 6.07) is 15.7. The van der Waals surface area contributed by atoms with Crippen molar-refractivity contribution < 1.29 is 4.79 Å². The molecule has 2 heteroatoms. The molecular weight excluding hydrogens is 222 g/mol. The third-order valence-corrected chi connectivity index (χ3v) is 3.46. The van der Waals surface area contributed by atoms with E-state index in [1.807, 2.05) is 36.4 Å². The third-order valence-electron chi connectivity index (χ3n) is 3.46. The van der Waals surface area contributed by atoms with Gasteiger partial charge in [-0.3, -0.25) is 4.79 Å². The van der Waals surface area contributed by atoms with Gasteiger partial charge in [0, 0.05) is 0 Å². The SMILES string of the molecule is CC(=O)C1c2ccccc2-c2ccc(C#N)cc21. The molecule has 0 bridgehead atoms. The fourth-order valence-corrected chi connectivity index (χ4v) is 2.72. The summed E-state index contributed by atoms with van der Waals surface area (Å²) in [4.78, 5) is 11.9. The van der Waals surface area contributed by atoms with E-state index < -0.39 is 0 Å². The highest BCUT2D eigenvalue weighted by molar-refractivity contribution is 5.96. The largest absolute Gasteiger partial charge is 0.299 e. The maximum Gasteiger partial charge on any atom is 0.141 e. The number of hydrogen-bond donors (Lipinski definition) is 0. The number of carbonyl (C=O) groups excluding carboxylic acids is 1. The van der Waals surface area contributed by atoms with Crippen molar-refractivity contribution in [3.05, 3.63) is 59.2 Å². The summed E-state index contributed by atoms with van der Waals surface area (Å²) in [5.41, 5.74) is 4.80. The molecule has 0 saturated heterocycles. The highest BCUT2D eigenvalue weighted by Gasteiger charge is 2.31.